The number of nitrogens with zero attached hydrogens (tertiary/aromatic N) is 4. The van der Waals surface area contributed by atoms with Gasteiger partial charge in [-0.3, -0.25) is 24.7 Å². The normalized spacial score (nSPS) is 14.2. The molecule has 1 aliphatic heterocycles. The molecule has 166 valence electrons. The van der Waals surface area contributed by atoms with Crippen LogP contribution in [0.1, 0.15) is 34.3 Å². The van der Waals surface area contributed by atoms with Crippen LogP contribution in [0.2, 0.25) is 0 Å². The largest absolute Gasteiger partial charge is 0.356 e. The van der Waals surface area contributed by atoms with E-state index in [0.29, 0.717) is 17.9 Å². The number of rotatable bonds is 7. The Morgan fingerprint density at radius 2 is 1.94 bits per heavy atom. The lowest BCUT2D eigenvalue weighted by molar-refractivity contribution is -0.384. The highest BCUT2D eigenvalue weighted by molar-refractivity contribution is 6.04. The second-order valence-electron chi connectivity index (χ2n) is 7.40. The fourth-order valence-electron chi connectivity index (χ4n) is 3.18. The van der Waals surface area contributed by atoms with Gasteiger partial charge < -0.3 is 30.4 Å². The Kier molecular flexibility index (Phi) is 6.58. The zero-order valence-electron chi connectivity index (χ0n) is 17.6. The molecule has 2 aromatic rings. The fraction of sp³-hybridized carbons (Fsp3) is 0.421. The molecule has 0 fully saturated rings. The Morgan fingerprint density at radius 1 is 1.23 bits per heavy atom. The van der Waals surface area contributed by atoms with Crippen molar-refractivity contribution in [3.63, 3.8) is 0 Å². The van der Waals surface area contributed by atoms with Gasteiger partial charge in [0, 0.05) is 52.0 Å². The maximum atomic E-state index is 12.6. The molecular weight excluding hydrogens is 404 g/mol. The van der Waals surface area contributed by atoms with Crippen LogP contribution in [0, 0.1) is 10.1 Å². The van der Waals surface area contributed by atoms with Crippen LogP contribution in [-0.2, 0) is 14.1 Å². The summed E-state index contributed by atoms with van der Waals surface area (Å²) in [6.45, 7) is 3.98. The van der Waals surface area contributed by atoms with Crippen LogP contribution in [-0.4, -0.2) is 57.5 Å². The smallest absolute Gasteiger partial charge is 0.287 e. The van der Waals surface area contributed by atoms with Gasteiger partial charge in [0.05, 0.1) is 16.8 Å². The molecule has 1 atom stereocenters. The summed E-state index contributed by atoms with van der Waals surface area (Å²) in [5.74, 6) is -0.0609. The Balaban J connectivity index is 1.58. The van der Waals surface area contributed by atoms with Gasteiger partial charge >= 0.3 is 0 Å². The number of nitro groups is 1. The first-order chi connectivity index (χ1) is 14.7. The molecule has 2 amide bonds. The zero-order valence-corrected chi connectivity index (χ0v) is 17.6. The van der Waals surface area contributed by atoms with Crippen molar-refractivity contribution in [2.75, 3.05) is 25.0 Å². The average molecular weight is 430 g/mol. The van der Waals surface area contributed by atoms with Gasteiger partial charge in [-0.1, -0.05) is 0 Å². The highest BCUT2D eigenvalue weighted by Gasteiger charge is 2.19. The number of guanidine groups is 1. The van der Waals surface area contributed by atoms with Gasteiger partial charge in [0.15, 0.2) is 5.96 Å². The van der Waals surface area contributed by atoms with Gasteiger partial charge in [0.25, 0.3) is 17.5 Å². The van der Waals surface area contributed by atoms with E-state index < -0.39 is 10.8 Å². The van der Waals surface area contributed by atoms with E-state index in [-0.39, 0.29) is 23.3 Å². The topological polar surface area (TPSA) is 148 Å². The maximum absolute atomic E-state index is 12.6. The number of nitrogens with one attached hydrogen (secondary N) is 4. The number of hydrogen-bond acceptors (Lipinski definition) is 7. The van der Waals surface area contributed by atoms with Gasteiger partial charge in [-0.2, -0.15) is 0 Å². The highest BCUT2D eigenvalue weighted by Crippen LogP contribution is 2.18. The molecule has 2 aromatic heterocycles. The molecule has 3 rings (SSSR count). The summed E-state index contributed by atoms with van der Waals surface area (Å²) in [7, 11) is 3.25. The second-order valence-corrected chi connectivity index (χ2v) is 7.40. The van der Waals surface area contributed by atoms with Crippen LogP contribution in [0.3, 0.4) is 0 Å². The molecule has 1 unspecified atom stereocenters. The van der Waals surface area contributed by atoms with Crippen molar-refractivity contribution in [3.8, 4) is 0 Å². The van der Waals surface area contributed by atoms with E-state index in [1.165, 1.54) is 16.8 Å². The van der Waals surface area contributed by atoms with Crippen LogP contribution in [0.4, 0.5) is 11.4 Å². The molecule has 0 radical (unpaired) electrons. The standard InChI is InChI=1S/C19H26N8O4/c1-12(23-19-20-5-4-6-21-19)9-22-17(28)15-7-13(10-25(15)2)24-18(29)16-8-14(27(30)31)11-26(16)3/h7-8,10-12H,4-6,9H2,1-3H3,(H,22,28)(H,24,29)(H2,20,21,23). The van der Waals surface area contributed by atoms with Crippen molar-refractivity contribution >= 4 is 29.1 Å². The first kappa shape index (κ1) is 21.9. The van der Waals surface area contributed by atoms with Gasteiger partial charge in [-0.25, -0.2) is 0 Å². The molecule has 0 aliphatic carbocycles. The molecule has 12 nitrogen and oxygen atoms in total. The SMILES string of the molecule is CC(CNC(=O)c1cc(NC(=O)c2cc([N+](=O)[O-])cn2C)cn1C)NC1=NCCCN1. The Morgan fingerprint density at radius 3 is 2.58 bits per heavy atom. The van der Waals surface area contributed by atoms with E-state index in [1.807, 2.05) is 6.92 Å². The summed E-state index contributed by atoms with van der Waals surface area (Å²) in [5, 5.41) is 22.8. The minimum absolute atomic E-state index is 0.0270. The number of amides is 2. The minimum Gasteiger partial charge on any atom is -0.356 e. The van der Waals surface area contributed by atoms with Crippen LogP contribution in [0.5, 0.6) is 0 Å². The Bertz CT molecular complexity index is 1020. The lowest BCUT2D eigenvalue weighted by atomic mass is 10.3. The summed E-state index contributed by atoms with van der Waals surface area (Å²) in [5.41, 5.74) is 0.750. The molecule has 12 heteroatoms. The lowest BCUT2D eigenvalue weighted by Gasteiger charge is -2.21. The second kappa shape index (κ2) is 9.32. The van der Waals surface area contributed by atoms with Crippen LogP contribution < -0.4 is 21.3 Å². The van der Waals surface area contributed by atoms with Crippen LogP contribution >= 0.6 is 0 Å². The van der Waals surface area contributed by atoms with Crippen molar-refractivity contribution in [1.82, 2.24) is 25.1 Å². The van der Waals surface area contributed by atoms with E-state index in [9.17, 15) is 19.7 Å². The van der Waals surface area contributed by atoms with Crippen molar-refractivity contribution in [1.29, 1.82) is 0 Å². The highest BCUT2D eigenvalue weighted by atomic mass is 16.6. The van der Waals surface area contributed by atoms with Gasteiger partial charge in [0.2, 0.25) is 0 Å². The predicted octanol–water partition coefficient (Wildman–Crippen LogP) is 0.581. The number of aromatic nitrogens is 2. The van der Waals surface area contributed by atoms with E-state index in [0.717, 1.165) is 25.5 Å². The van der Waals surface area contributed by atoms with E-state index in [4.69, 9.17) is 0 Å². The van der Waals surface area contributed by atoms with Crippen molar-refractivity contribution in [2.45, 2.75) is 19.4 Å². The molecular formula is C19H26N8O4. The monoisotopic (exact) mass is 430 g/mol. The van der Waals surface area contributed by atoms with E-state index in [1.54, 1.807) is 30.9 Å². The molecule has 0 bridgehead atoms. The van der Waals surface area contributed by atoms with Crippen LogP contribution in [0.15, 0.2) is 29.5 Å². The summed E-state index contributed by atoms with van der Waals surface area (Å²) in [4.78, 5) is 39.7. The Labute approximate surface area is 178 Å². The summed E-state index contributed by atoms with van der Waals surface area (Å²) >= 11 is 0. The van der Waals surface area contributed by atoms with Crippen molar-refractivity contribution < 1.29 is 14.5 Å². The minimum atomic E-state index is -0.561. The zero-order chi connectivity index (χ0) is 22.5. The molecule has 4 N–H and O–H groups in total. The van der Waals surface area contributed by atoms with Crippen molar-refractivity contribution in [3.05, 3.63) is 46.0 Å². The summed E-state index contributed by atoms with van der Waals surface area (Å²) < 4.78 is 2.98. The average Bonchev–Trinajstić information content (AvgIpc) is 3.29. The number of carbonyl (C=O) groups excluding carboxylic acids is 2. The molecule has 0 aromatic carbocycles. The molecule has 0 saturated heterocycles. The summed E-state index contributed by atoms with van der Waals surface area (Å²) in [6, 6.07) is 2.72. The van der Waals surface area contributed by atoms with E-state index in [2.05, 4.69) is 26.3 Å². The summed E-state index contributed by atoms with van der Waals surface area (Å²) in [6.07, 6.45) is 3.87. The molecule has 1 aliphatic rings. The quantitative estimate of drug-likeness (QED) is 0.373. The first-order valence-electron chi connectivity index (χ1n) is 9.86. The third kappa shape index (κ3) is 5.41. The number of hydrogen-bond donors (Lipinski definition) is 4. The lowest BCUT2D eigenvalue weighted by Crippen LogP contribution is -2.48. The molecule has 3 heterocycles. The molecule has 31 heavy (non-hydrogen) atoms. The predicted molar refractivity (Wildman–Crippen MR) is 115 cm³/mol. The molecule has 0 saturated carbocycles. The first-order valence-corrected chi connectivity index (χ1v) is 9.86. The number of aryl methyl sites for hydroxylation is 2. The fourth-order valence-corrected chi connectivity index (χ4v) is 3.18. The Hall–Kier alpha value is -3.83. The van der Waals surface area contributed by atoms with E-state index >= 15 is 0 Å². The van der Waals surface area contributed by atoms with Crippen LogP contribution in [0.25, 0.3) is 0 Å². The van der Waals surface area contributed by atoms with Gasteiger partial charge in [0.1, 0.15) is 11.4 Å². The van der Waals surface area contributed by atoms with Gasteiger partial charge in [-0.15, -0.1) is 0 Å². The molecule has 0 spiro atoms. The maximum Gasteiger partial charge on any atom is 0.287 e. The van der Waals surface area contributed by atoms with Crippen molar-refractivity contribution in [2.24, 2.45) is 19.1 Å². The number of anilines is 1. The van der Waals surface area contributed by atoms with Gasteiger partial charge in [-0.05, 0) is 19.4 Å². The third-order valence-corrected chi connectivity index (χ3v) is 4.78. The number of aliphatic imine (C=N–C) groups is 1. The number of carbonyl (C=O) groups is 2. The third-order valence-electron chi connectivity index (χ3n) is 4.78.